The van der Waals surface area contributed by atoms with Crippen molar-refractivity contribution >= 4 is 5.97 Å². The number of benzene rings is 2. The second-order valence-electron chi connectivity index (χ2n) is 5.01. The van der Waals surface area contributed by atoms with Gasteiger partial charge in [-0.25, -0.2) is 0 Å². The molecule has 3 heteroatoms. The lowest BCUT2D eigenvalue weighted by molar-refractivity contribution is -0.140. The van der Waals surface area contributed by atoms with Crippen molar-refractivity contribution in [1.29, 1.82) is 0 Å². The molecule has 0 amide bonds. The molecule has 0 heterocycles. The Kier molecular flexibility index (Phi) is 2.56. The molecule has 0 aliphatic heterocycles. The molecule has 2 aromatic rings. The van der Waals surface area contributed by atoms with Crippen LogP contribution < -0.4 is 0 Å². The molecule has 1 aliphatic carbocycles. The van der Waals surface area contributed by atoms with E-state index < -0.39 is 11.4 Å². The van der Waals surface area contributed by atoms with Gasteiger partial charge in [-0.05, 0) is 41.7 Å². The zero-order chi connectivity index (χ0) is 13.5. The molecule has 0 spiro atoms. The molecule has 2 N–H and O–H groups in total. The summed E-state index contributed by atoms with van der Waals surface area (Å²) < 4.78 is 0. The first-order valence-corrected chi connectivity index (χ1v) is 6.25. The lowest BCUT2D eigenvalue weighted by Crippen LogP contribution is -2.19. The molecule has 1 saturated carbocycles. The van der Waals surface area contributed by atoms with E-state index >= 15 is 0 Å². The smallest absolute Gasteiger partial charge is 0.314 e. The number of aliphatic carboxylic acids is 1. The summed E-state index contributed by atoms with van der Waals surface area (Å²) >= 11 is 0. The van der Waals surface area contributed by atoms with Gasteiger partial charge in [-0.15, -0.1) is 0 Å². The van der Waals surface area contributed by atoms with Gasteiger partial charge >= 0.3 is 5.97 Å². The Morgan fingerprint density at radius 1 is 0.895 bits per heavy atom. The normalized spacial score (nSPS) is 16.0. The fourth-order valence-electron chi connectivity index (χ4n) is 2.39. The Balaban J connectivity index is 1.91. The number of phenolic OH excluding ortho intramolecular Hbond substituents is 1. The van der Waals surface area contributed by atoms with Crippen molar-refractivity contribution in [2.24, 2.45) is 0 Å². The zero-order valence-corrected chi connectivity index (χ0v) is 10.3. The van der Waals surface area contributed by atoms with Crippen molar-refractivity contribution in [2.45, 2.75) is 18.3 Å². The minimum absolute atomic E-state index is 0.239. The molecule has 3 nitrogen and oxygen atoms in total. The van der Waals surface area contributed by atoms with Crippen LogP contribution in [-0.4, -0.2) is 16.2 Å². The van der Waals surface area contributed by atoms with E-state index in [0.29, 0.717) is 0 Å². The van der Waals surface area contributed by atoms with Gasteiger partial charge in [0.1, 0.15) is 5.75 Å². The van der Waals surface area contributed by atoms with E-state index in [1.807, 2.05) is 36.4 Å². The summed E-state index contributed by atoms with van der Waals surface area (Å²) in [5, 5.41) is 18.5. The van der Waals surface area contributed by atoms with Crippen molar-refractivity contribution in [3.8, 4) is 16.9 Å². The van der Waals surface area contributed by atoms with Crippen LogP contribution in [0.4, 0.5) is 0 Å². The largest absolute Gasteiger partial charge is 0.508 e. The van der Waals surface area contributed by atoms with Crippen molar-refractivity contribution in [3.63, 3.8) is 0 Å². The highest BCUT2D eigenvalue weighted by Crippen LogP contribution is 2.48. The first kappa shape index (κ1) is 11.8. The minimum atomic E-state index is -0.732. The summed E-state index contributed by atoms with van der Waals surface area (Å²) in [5.41, 5.74) is 2.25. The van der Waals surface area contributed by atoms with Gasteiger partial charge in [-0.1, -0.05) is 36.4 Å². The molecule has 0 saturated heterocycles. The van der Waals surface area contributed by atoms with Gasteiger partial charge in [0, 0.05) is 0 Å². The van der Waals surface area contributed by atoms with E-state index in [0.717, 1.165) is 29.5 Å². The highest BCUT2D eigenvalue weighted by Gasteiger charge is 2.51. The number of rotatable bonds is 3. The molecular formula is C16H14O3. The maximum atomic E-state index is 11.2. The number of carboxylic acid groups (broad SMARTS) is 1. The predicted octanol–water partition coefficient (Wildman–Crippen LogP) is 3.18. The van der Waals surface area contributed by atoms with Gasteiger partial charge in [0.15, 0.2) is 0 Å². The van der Waals surface area contributed by atoms with Crippen LogP contribution in [0.1, 0.15) is 18.4 Å². The van der Waals surface area contributed by atoms with E-state index in [1.54, 1.807) is 12.1 Å². The first-order valence-electron chi connectivity index (χ1n) is 6.25. The van der Waals surface area contributed by atoms with Crippen LogP contribution in [0.2, 0.25) is 0 Å². The van der Waals surface area contributed by atoms with Crippen molar-refractivity contribution < 1.29 is 15.0 Å². The quantitative estimate of drug-likeness (QED) is 0.884. The molecule has 19 heavy (non-hydrogen) atoms. The lowest BCUT2D eigenvalue weighted by atomic mass is 9.94. The Hall–Kier alpha value is -2.29. The number of aromatic hydroxyl groups is 1. The van der Waals surface area contributed by atoms with E-state index in [1.165, 1.54) is 0 Å². The molecule has 0 radical (unpaired) electrons. The third-order valence-electron chi connectivity index (χ3n) is 3.80. The van der Waals surface area contributed by atoms with Gasteiger partial charge in [-0.3, -0.25) is 4.79 Å². The Morgan fingerprint density at radius 3 is 1.79 bits per heavy atom. The number of hydrogen-bond donors (Lipinski definition) is 2. The summed E-state index contributed by atoms with van der Waals surface area (Å²) in [6, 6.07) is 14.6. The highest BCUT2D eigenvalue weighted by molar-refractivity contribution is 5.85. The van der Waals surface area contributed by atoms with Crippen LogP contribution in [0.3, 0.4) is 0 Å². The van der Waals surface area contributed by atoms with E-state index in [4.69, 9.17) is 0 Å². The van der Waals surface area contributed by atoms with Crippen molar-refractivity contribution in [1.82, 2.24) is 0 Å². The first-order chi connectivity index (χ1) is 9.12. The molecular weight excluding hydrogens is 240 g/mol. The van der Waals surface area contributed by atoms with Crippen LogP contribution in [-0.2, 0) is 10.2 Å². The van der Waals surface area contributed by atoms with Crippen molar-refractivity contribution in [2.75, 3.05) is 0 Å². The maximum Gasteiger partial charge on any atom is 0.314 e. The summed E-state index contributed by atoms with van der Waals surface area (Å²) in [6.07, 6.45) is 1.45. The SMILES string of the molecule is O=C(O)C1(c2ccc(-c3ccc(O)cc3)cc2)CC1. The number of hydrogen-bond acceptors (Lipinski definition) is 2. The number of carboxylic acids is 1. The van der Waals surface area contributed by atoms with Crippen LogP contribution in [0, 0.1) is 0 Å². The average Bonchev–Trinajstić information content (AvgIpc) is 3.21. The van der Waals surface area contributed by atoms with E-state index in [-0.39, 0.29) is 5.75 Å². The molecule has 1 fully saturated rings. The summed E-state index contributed by atoms with van der Waals surface area (Å²) in [4.78, 5) is 11.2. The van der Waals surface area contributed by atoms with Crippen LogP contribution in [0.5, 0.6) is 5.75 Å². The summed E-state index contributed by atoms with van der Waals surface area (Å²) in [7, 11) is 0. The fraction of sp³-hybridized carbons (Fsp3) is 0.188. The Morgan fingerprint density at radius 2 is 1.37 bits per heavy atom. The van der Waals surface area contributed by atoms with Gasteiger partial charge in [0.25, 0.3) is 0 Å². The molecule has 3 rings (SSSR count). The van der Waals surface area contributed by atoms with Crippen LogP contribution in [0.15, 0.2) is 48.5 Å². The lowest BCUT2D eigenvalue weighted by Gasteiger charge is -2.11. The Labute approximate surface area is 111 Å². The monoisotopic (exact) mass is 254 g/mol. The Bertz CT molecular complexity index is 607. The average molecular weight is 254 g/mol. The van der Waals surface area contributed by atoms with Gasteiger partial charge in [0.2, 0.25) is 0 Å². The molecule has 0 atom stereocenters. The predicted molar refractivity (Wildman–Crippen MR) is 72.1 cm³/mol. The maximum absolute atomic E-state index is 11.2. The minimum Gasteiger partial charge on any atom is -0.508 e. The van der Waals surface area contributed by atoms with Gasteiger partial charge in [-0.2, -0.15) is 0 Å². The second-order valence-corrected chi connectivity index (χ2v) is 5.01. The van der Waals surface area contributed by atoms with Crippen LogP contribution in [0.25, 0.3) is 11.1 Å². The van der Waals surface area contributed by atoms with E-state index in [2.05, 4.69) is 0 Å². The number of carbonyl (C=O) groups is 1. The molecule has 96 valence electrons. The molecule has 0 aromatic heterocycles. The molecule has 0 unspecified atom stereocenters. The molecule has 1 aliphatic rings. The van der Waals surface area contributed by atoms with Crippen LogP contribution >= 0.6 is 0 Å². The topological polar surface area (TPSA) is 57.5 Å². The summed E-state index contributed by atoms with van der Waals surface area (Å²) in [6.45, 7) is 0. The second kappa shape index (κ2) is 4.12. The van der Waals surface area contributed by atoms with E-state index in [9.17, 15) is 15.0 Å². The number of phenols is 1. The summed E-state index contributed by atoms with van der Waals surface area (Å²) in [5.74, 6) is -0.493. The van der Waals surface area contributed by atoms with Gasteiger partial charge < -0.3 is 10.2 Å². The van der Waals surface area contributed by atoms with Gasteiger partial charge in [0.05, 0.1) is 5.41 Å². The standard InChI is InChI=1S/C16H14O3/c17-14-7-3-12(4-8-14)11-1-5-13(6-2-11)16(9-10-16)15(18)19/h1-8,17H,9-10H2,(H,18,19). The molecule has 0 bridgehead atoms. The fourth-order valence-corrected chi connectivity index (χ4v) is 2.39. The third kappa shape index (κ3) is 1.97. The zero-order valence-electron chi connectivity index (χ0n) is 10.3. The third-order valence-corrected chi connectivity index (χ3v) is 3.80. The highest BCUT2D eigenvalue weighted by atomic mass is 16.4. The van der Waals surface area contributed by atoms with Crippen molar-refractivity contribution in [3.05, 3.63) is 54.1 Å². The molecule has 2 aromatic carbocycles.